The van der Waals surface area contributed by atoms with Gasteiger partial charge in [-0.2, -0.15) is 4.31 Å². The van der Waals surface area contributed by atoms with Crippen LogP contribution in [-0.4, -0.2) is 42.7 Å². The highest BCUT2D eigenvalue weighted by Gasteiger charge is 2.47. The van der Waals surface area contributed by atoms with Crippen LogP contribution < -0.4 is 9.64 Å². The summed E-state index contributed by atoms with van der Waals surface area (Å²) in [6.07, 6.45) is 2.87. The molecular formula is C24H23N3O5S. The quantitative estimate of drug-likeness (QED) is 0.498. The largest absolute Gasteiger partial charge is 0.497 e. The zero-order valence-electron chi connectivity index (χ0n) is 18.2. The van der Waals surface area contributed by atoms with E-state index in [-0.39, 0.29) is 17.9 Å². The number of methoxy groups -OCH3 is 1. The van der Waals surface area contributed by atoms with Gasteiger partial charge >= 0.3 is 0 Å². The van der Waals surface area contributed by atoms with E-state index >= 15 is 0 Å². The molecule has 1 fully saturated rings. The Labute approximate surface area is 192 Å². The molecule has 33 heavy (non-hydrogen) atoms. The third-order valence-corrected chi connectivity index (χ3v) is 7.36. The van der Waals surface area contributed by atoms with Gasteiger partial charge in [-0.25, -0.2) is 13.3 Å². The Morgan fingerprint density at radius 3 is 2.36 bits per heavy atom. The van der Waals surface area contributed by atoms with Crippen LogP contribution >= 0.6 is 0 Å². The lowest BCUT2D eigenvalue weighted by atomic mass is 10.2. The van der Waals surface area contributed by atoms with Gasteiger partial charge in [-0.3, -0.25) is 14.6 Å². The molecule has 1 aliphatic rings. The Morgan fingerprint density at radius 1 is 1.06 bits per heavy atom. The van der Waals surface area contributed by atoms with Crippen molar-refractivity contribution < 1.29 is 22.7 Å². The number of carbonyl (C=O) groups excluding carboxylic acids is 2. The van der Waals surface area contributed by atoms with Gasteiger partial charge < -0.3 is 4.74 Å². The standard InChI is InChI=1S/C24H23N3O5S/c1-17-5-11-21(12-6-17)33(30,31)26(16-18-4-3-13-25-15-18)22-14-23(28)27(24(22)29)19-7-9-20(32-2)10-8-19/h3-13,15,22H,14,16H2,1-2H3. The van der Waals surface area contributed by atoms with Crippen LogP contribution in [0.1, 0.15) is 17.5 Å². The van der Waals surface area contributed by atoms with E-state index < -0.39 is 27.9 Å². The average Bonchev–Trinajstić information content (AvgIpc) is 3.11. The predicted molar refractivity (Wildman–Crippen MR) is 122 cm³/mol. The molecule has 3 aromatic rings. The van der Waals surface area contributed by atoms with E-state index in [1.54, 1.807) is 60.9 Å². The highest BCUT2D eigenvalue weighted by Crippen LogP contribution is 2.31. The van der Waals surface area contributed by atoms with E-state index in [9.17, 15) is 18.0 Å². The molecule has 2 heterocycles. The number of amides is 2. The second-order valence-electron chi connectivity index (χ2n) is 7.71. The van der Waals surface area contributed by atoms with Crippen molar-refractivity contribution in [2.75, 3.05) is 12.0 Å². The van der Waals surface area contributed by atoms with E-state index in [1.165, 1.54) is 19.2 Å². The number of anilines is 1. The second kappa shape index (κ2) is 9.13. The van der Waals surface area contributed by atoms with Crippen molar-refractivity contribution in [3.8, 4) is 5.75 Å². The van der Waals surface area contributed by atoms with Crippen molar-refractivity contribution in [3.05, 3.63) is 84.2 Å². The van der Waals surface area contributed by atoms with Gasteiger partial charge in [-0.05, 0) is 55.0 Å². The first kappa shape index (κ1) is 22.6. The number of imide groups is 1. The molecule has 9 heteroatoms. The van der Waals surface area contributed by atoms with Crippen LogP contribution in [0.5, 0.6) is 5.75 Å². The fourth-order valence-corrected chi connectivity index (χ4v) is 5.29. The molecule has 0 aliphatic carbocycles. The number of nitrogens with zero attached hydrogens (tertiary/aromatic N) is 3. The third-order valence-electron chi connectivity index (χ3n) is 5.49. The molecule has 170 valence electrons. The minimum Gasteiger partial charge on any atom is -0.497 e. The molecule has 1 aromatic heterocycles. The summed E-state index contributed by atoms with van der Waals surface area (Å²) < 4.78 is 33.5. The summed E-state index contributed by atoms with van der Waals surface area (Å²) in [5.74, 6) is -0.482. The SMILES string of the molecule is COc1ccc(N2C(=O)CC(N(Cc3cccnc3)S(=O)(=O)c3ccc(C)cc3)C2=O)cc1. The fraction of sp³-hybridized carbons (Fsp3) is 0.208. The highest BCUT2D eigenvalue weighted by molar-refractivity contribution is 7.89. The van der Waals surface area contributed by atoms with Crippen LogP contribution in [0.25, 0.3) is 0 Å². The summed E-state index contributed by atoms with van der Waals surface area (Å²) in [6, 6.07) is 15.1. The van der Waals surface area contributed by atoms with Crippen LogP contribution in [0.3, 0.4) is 0 Å². The molecule has 8 nitrogen and oxygen atoms in total. The van der Waals surface area contributed by atoms with Gasteiger partial charge in [0, 0.05) is 18.9 Å². The normalized spacial score (nSPS) is 16.5. The highest BCUT2D eigenvalue weighted by atomic mass is 32.2. The molecule has 0 saturated carbocycles. The minimum atomic E-state index is -4.09. The number of carbonyl (C=O) groups is 2. The van der Waals surface area contributed by atoms with Crippen molar-refractivity contribution in [1.29, 1.82) is 0 Å². The summed E-state index contributed by atoms with van der Waals surface area (Å²) in [5, 5.41) is 0. The Morgan fingerprint density at radius 2 is 1.76 bits per heavy atom. The number of ether oxygens (including phenoxy) is 1. The number of rotatable bonds is 7. The third kappa shape index (κ3) is 4.50. The molecule has 0 radical (unpaired) electrons. The number of sulfonamides is 1. The van der Waals surface area contributed by atoms with Gasteiger partial charge in [0.2, 0.25) is 15.9 Å². The average molecular weight is 466 g/mol. The lowest BCUT2D eigenvalue weighted by Gasteiger charge is -2.27. The first-order valence-corrected chi connectivity index (χ1v) is 11.7. The van der Waals surface area contributed by atoms with Crippen LogP contribution in [0, 0.1) is 6.92 Å². The van der Waals surface area contributed by atoms with E-state index in [0.29, 0.717) is 17.0 Å². The van der Waals surface area contributed by atoms with Gasteiger partial charge in [0.1, 0.15) is 11.8 Å². The molecule has 1 unspecified atom stereocenters. The first-order chi connectivity index (χ1) is 15.8. The zero-order valence-corrected chi connectivity index (χ0v) is 19.0. The maximum atomic E-state index is 13.6. The van der Waals surface area contributed by atoms with E-state index in [4.69, 9.17) is 4.74 Å². The summed E-state index contributed by atoms with van der Waals surface area (Å²) >= 11 is 0. The molecule has 4 rings (SSSR count). The monoisotopic (exact) mass is 465 g/mol. The Kier molecular flexibility index (Phi) is 6.26. The molecule has 2 aromatic carbocycles. The van der Waals surface area contributed by atoms with Crippen LogP contribution in [-0.2, 0) is 26.2 Å². The maximum Gasteiger partial charge on any atom is 0.252 e. The molecule has 1 atom stereocenters. The van der Waals surface area contributed by atoms with E-state index in [2.05, 4.69) is 4.98 Å². The van der Waals surface area contributed by atoms with Gasteiger partial charge in [0.15, 0.2) is 0 Å². The number of benzene rings is 2. The van der Waals surface area contributed by atoms with E-state index in [1.807, 2.05) is 6.92 Å². The Bertz CT molecular complexity index is 1260. The summed E-state index contributed by atoms with van der Waals surface area (Å²) in [7, 11) is -2.57. The van der Waals surface area contributed by atoms with Crippen LogP contribution in [0.15, 0.2) is 78.0 Å². The smallest absolute Gasteiger partial charge is 0.252 e. The predicted octanol–water partition coefficient (Wildman–Crippen LogP) is 2.92. The Balaban J connectivity index is 1.73. The lowest BCUT2D eigenvalue weighted by Crippen LogP contribution is -2.45. The second-order valence-corrected chi connectivity index (χ2v) is 9.60. The minimum absolute atomic E-state index is 0.0557. The van der Waals surface area contributed by atoms with Gasteiger partial charge in [0.05, 0.1) is 24.1 Å². The van der Waals surface area contributed by atoms with Crippen molar-refractivity contribution in [2.45, 2.75) is 30.8 Å². The molecule has 1 aliphatic heterocycles. The van der Waals surface area contributed by atoms with E-state index in [0.717, 1.165) is 14.8 Å². The van der Waals surface area contributed by atoms with Crippen LogP contribution in [0.2, 0.25) is 0 Å². The van der Waals surface area contributed by atoms with Gasteiger partial charge in [0.25, 0.3) is 5.91 Å². The first-order valence-electron chi connectivity index (χ1n) is 10.3. The molecule has 1 saturated heterocycles. The van der Waals surface area contributed by atoms with Crippen molar-refractivity contribution >= 4 is 27.5 Å². The topological polar surface area (TPSA) is 96.9 Å². The Hall–Kier alpha value is -3.56. The molecular weight excluding hydrogens is 442 g/mol. The number of aromatic nitrogens is 1. The molecule has 2 amide bonds. The maximum absolute atomic E-state index is 13.6. The number of hydrogen-bond donors (Lipinski definition) is 0. The fourth-order valence-electron chi connectivity index (χ4n) is 3.72. The van der Waals surface area contributed by atoms with Crippen molar-refractivity contribution in [2.24, 2.45) is 0 Å². The number of pyridine rings is 1. The lowest BCUT2D eigenvalue weighted by molar-refractivity contribution is -0.122. The number of hydrogen-bond acceptors (Lipinski definition) is 6. The van der Waals surface area contributed by atoms with Crippen molar-refractivity contribution in [1.82, 2.24) is 9.29 Å². The van der Waals surface area contributed by atoms with Crippen LogP contribution in [0.4, 0.5) is 5.69 Å². The molecule has 0 spiro atoms. The zero-order chi connectivity index (χ0) is 23.6. The summed E-state index contributed by atoms with van der Waals surface area (Å²) in [4.78, 5) is 31.4. The summed E-state index contributed by atoms with van der Waals surface area (Å²) in [5.41, 5.74) is 1.88. The van der Waals surface area contributed by atoms with Gasteiger partial charge in [-0.1, -0.05) is 23.8 Å². The summed E-state index contributed by atoms with van der Waals surface area (Å²) in [6.45, 7) is 1.76. The molecule has 0 bridgehead atoms. The van der Waals surface area contributed by atoms with Crippen molar-refractivity contribution in [3.63, 3.8) is 0 Å². The van der Waals surface area contributed by atoms with Gasteiger partial charge in [-0.15, -0.1) is 0 Å². The number of aryl methyl sites for hydroxylation is 1. The molecule has 0 N–H and O–H groups in total.